The normalized spacial score (nSPS) is 15.8. The van der Waals surface area contributed by atoms with Crippen molar-refractivity contribution in [2.24, 2.45) is 5.92 Å². The van der Waals surface area contributed by atoms with Gasteiger partial charge in [-0.05, 0) is 61.4 Å². The minimum atomic E-state index is -0.267. The van der Waals surface area contributed by atoms with E-state index in [0.717, 1.165) is 17.1 Å². The lowest BCUT2D eigenvalue weighted by molar-refractivity contribution is -0.121. The van der Waals surface area contributed by atoms with Crippen molar-refractivity contribution in [3.05, 3.63) is 53.6 Å². The van der Waals surface area contributed by atoms with Gasteiger partial charge in [-0.25, -0.2) is 0 Å². The van der Waals surface area contributed by atoms with Crippen LogP contribution in [0.3, 0.4) is 0 Å². The second-order valence-electron chi connectivity index (χ2n) is 5.81. The summed E-state index contributed by atoms with van der Waals surface area (Å²) >= 11 is 0. The lowest BCUT2D eigenvalue weighted by atomic mass is 9.95. The van der Waals surface area contributed by atoms with Crippen molar-refractivity contribution in [3.8, 4) is 11.5 Å². The second-order valence-corrected chi connectivity index (χ2v) is 5.81. The Hall–Kier alpha value is -2.82. The number of carbonyl (C=O) groups excluding carboxylic acids is 2. The van der Waals surface area contributed by atoms with Crippen LogP contribution in [0.4, 0.5) is 5.69 Å². The monoisotopic (exact) mass is 325 g/mol. The third-order valence-electron chi connectivity index (χ3n) is 4.10. The number of hydrogen-bond acceptors (Lipinski definition) is 4. The third-order valence-corrected chi connectivity index (χ3v) is 4.10. The van der Waals surface area contributed by atoms with E-state index in [1.165, 1.54) is 6.92 Å². The quantitative estimate of drug-likeness (QED) is 0.877. The topological polar surface area (TPSA) is 64.6 Å². The Balaban J connectivity index is 1.68. The molecule has 0 aliphatic carbocycles. The summed E-state index contributed by atoms with van der Waals surface area (Å²) in [6, 6.07) is 12.5. The van der Waals surface area contributed by atoms with Gasteiger partial charge in [-0.1, -0.05) is 0 Å². The fourth-order valence-corrected chi connectivity index (χ4v) is 2.70. The molecule has 1 unspecified atom stereocenters. The molecule has 0 saturated carbocycles. The van der Waals surface area contributed by atoms with Gasteiger partial charge in [-0.3, -0.25) is 9.59 Å². The molecule has 0 saturated heterocycles. The van der Waals surface area contributed by atoms with Crippen molar-refractivity contribution in [3.63, 3.8) is 0 Å². The Bertz CT molecular complexity index is 767. The molecule has 1 N–H and O–H groups in total. The number of fused-ring (bicyclic) bond motifs is 1. The summed E-state index contributed by atoms with van der Waals surface area (Å²) in [5.74, 6) is 1.18. The molecular weight excluding hydrogens is 306 g/mol. The van der Waals surface area contributed by atoms with Crippen molar-refractivity contribution in [2.75, 3.05) is 19.0 Å². The summed E-state index contributed by atoms with van der Waals surface area (Å²) in [6.07, 6.45) is 0.601. The number of hydrogen-bond donors (Lipinski definition) is 1. The highest BCUT2D eigenvalue weighted by Gasteiger charge is 2.26. The number of ketones is 1. The lowest BCUT2D eigenvalue weighted by Crippen LogP contribution is -2.32. The van der Waals surface area contributed by atoms with Crippen molar-refractivity contribution in [1.29, 1.82) is 0 Å². The van der Waals surface area contributed by atoms with Crippen LogP contribution in [-0.2, 0) is 11.2 Å². The first-order valence-corrected chi connectivity index (χ1v) is 7.78. The van der Waals surface area contributed by atoms with Gasteiger partial charge in [-0.2, -0.15) is 0 Å². The molecule has 124 valence electrons. The SMILES string of the molecule is COc1ccc2c(c1)CC(C(=O)Nc1ccc(C(C)=O)cc1)CO2. The summed E-state index contributed by atoms with van der Waals surface area (Å²) in [5.41, 5.74) is 2.25. The third kappa shape index (κ3) is 3.40. The predicted molar refractivity (Wildman–Crippen MR) is 90.8 cm³/mol. The molecule has 1 amide bonds. The fourth-order valence-electron chi connectivity index (χ4n) is 2.70. The summed E-state index contributed by atoms with van der Waals surface area (Å²) in [4.78, 5) is 23.7. The zero-order valence-electron chi connectivity index (χ0n) is 13.7. The lowest BCUT2D eigenvalue weighted by Gasteiger charge is -2.25. The number of benzene rings is 2. The number of nitrogens with one attached hydrogen (secondary N) is 1. The van der Waals surface area contributed by atoms with E-state index >= 15 is 0 Å². The van der Waals surface area contributed by atoms with Gasteiger partial charge in [0.25, 0.3) is 0 Å². The summed E-state index contributed by atoms with van der Waals surface area (Å²) in [5, 5.41) is 2.88. The molecule has 0 spiro atoms. The van der Waals surface area contributed by atoms with Gasteiger partial charge in [-0.15, -0.1) is 0 Å². The average molecular weight is 325 g/mol. The fraction of sp³-hybridized carbons (Fsp3) is 0.263. The molecule has 2 aromatic carbocycles. The highest BCUT2D eigenvalue weighted by Crippen LogP contribution is 2.31. The number of anilines is 1. The molecule has 5 nitrogen and oxygen atoms in total. The highest BCUT2D eigenvalue weighted by atomic mass is 16.5. The average Bonchev–Trinajstić information content (AvgIpc) is 2.61. The van der Waals surface area contributed by atoms with E-state index in [2.05, 4.69) is 5.32 Å². The zero-order chi connectivity index (χ0) is 17.1. The minimum Gasteiger partial charge on any atom is -0.497 e. The highest BCUT2D eigenvalue weighted by molar-refractivity contribution is 5.96. The maximum absolute atomic E-state index is 12.5. The van der Waals surface area contributed by atoms with Gasteiger partial charge in [0.15, 0.2) is 5.78 Å². The molecular formula is C19H19NO4. The van der Waals surface area contributed by atoms with Gasteiger partial charge in [0.1, 0.15) is 18.1 Å². The van der Waals surface area contributed by atoms with Crippen molar-refractivity contribution in [2.45, 2.75) is 13.3 Å². The Morgan fingerprint density at radius 2 is 1.92 bits per heavy atom. The molecule has 0 bridgehead atoms. The van der Waals surface area contributed by atoms with E-state index in [4.69, 9.17) is 9.47 Å². The predicted octanol–water partition coefficient (Wildman–Crippen LogP) is 3.09. The standard InChI is InChI=1S/C19H19NO4/c1-12(21)13-3-5-16(6-4-13)20-19(22)15-9-14-10-17(23-2)7-8-18(14)24-11-15/h3-8,10,15H,9,11H2,1-2H3,(H,20,22). The van der Waals surface area contributed by atoms with Crippen LogP contribution in [0.25, 0.3) is 0 Å². The number of carbonyl (C=O) groups is 2. The van der Waals surface area contributed by atoms with Crippen LogP contribution in [0.2, 0.25) is 0 Å². The molecule has 1 aliphatic heterocycles. The Morgan fingerprint density at radius 3 is 2.58 bits per heavy atom. The molecule has 0 aromatic heterocycles. The molecule has 3 rings (SSSR count). The van der Waals surface area contributed by atoms with Crippen LogP contribution in [0.5, 0.6) is 11.5 Å². The summed E-state index contributed by atoms with van der Waals surface area (Å²) in [7, 11) is 1.61. The summed E-state index contributed by atoms with van der Waals surface area (Å²) < 4.78 is 10.9. The zero-order valence-corrected chi connectivity index (χ0v) is 13.7. The van der Waals surface area contributed by atoms with E-state index in [1.54, 1.807) is 31.4 Å². The Labute approximate surface area is 140 Å². The smallest absolute Gasteiger partial charge is 0.231 e. The largest absolute Gasteiger partial charge is 0.497 e. The van der Waals surface area contributed by atoms with E-state index < -0.39 is 0 Å². The van der Waals surface area contributed by atoms with Gasteiger partial charge < -0.3 is 14.8 Å². The molecule has 0 radical (unpaired) electrons. The van der Waals surface area contributed by atoms with Crippen molar-refractivity contribution < 1.29 is 19.1 Å². The minimum absolute atomic E-state index is 0.000823. The number of Topliss-reactive ketones (excluding diaryl/α,β-unsaturated/α-hetero) is 1. The van der Waals surface area contributed by atoms with Crippen LogP contribution < -0.4 is 14.8 Å². The van der Waals surface area contributed by atoms with Crippen LogP contribution in [0, 0.1) is 5.92 Å². The van der Waals surface area contributed by atoms with Crippen LogP contribution >= 0.6 is 0 Å². The first-order chi connectivity index (χ1) is 11.6. The molecule has 0 fully saturated rings. The Kier molecular flexibility index (Phi) is 4.51. The molecule has 5 heteroatoms. The molecule has 2 aromatic rings. The number of methoxy groups -OCH3 is 1. The number of amides is 1. The van der Waals surface area contributed by atoms with Crippen molar-refractivity contribution >= 4 is 17.4 Å². The Morgan fingerprint density at radius 1 is 1.17 bits per heavy atom. The molecule has 1 aliphatic rings. The maximum atomic E-state index is 12.5. The van der Waals surface area contributed by atoms with Gasteiger partial charge in [0.2, 0.25) is 5.91 Å². The molecule has 1 atom stereocenters. The van der Waals surface area contributed by atoms with Crippen molar-refractivity contribution in [1.82, 2.24) is 0 Å². The van der Waals surface area contributed by atoms with Gasteiger partial charge >= 0.3 is 0 Å². The second kappa shape index (κ2) is 6.74. The first kappa shape index (κ1) is 16.1. The molecule has 1 heterocycles. The van der Waals surface area contributed by atoms with Gasteiger partial charge in [0.05, 0.1) is 13.0 Å². The number of rotatable bonds is 4. The van der Waals surface area contributed by atoms with Crippen LogP contribution in [0.1, 0.15) is 22.8 Å². The van der Waals surface area contributed by atoms with Crippen LogP contribution in [-0.4, -0.2) is 25.4 Å². The van der Waals surface area contributed by atoms with E-state index in [1.807, 2.05) is 18.2 Å². The van der Waals surface area contributed by atoms with E-state index in [-0.39, 0.29) is 17.6 Å². The van der Waals surface area contributed by atoms with Crippen LogP contribution in [0.15, 0.2) is 42.5 Å². The van der Waals surface area contributed by atoms with E-state index in [9.17, 15) is 9.59 Å². The number of ether oxygens (including phenoxy) is 2. The van der Waals surface area contributed by atoms with Gasteiger partial charge in [0, 0.05) is 11.3 Å². The first-order valence-electron chi connectivity index (χ1n) is 7.78. The van der Waals surface area contributed by atoms with E-state index in [0.29, 0.717) is 24.3 Å². The molecule has 24 heavy (non-hydrogen) atoms. The summed E-state index contributed by atoms with van der Waals surface area (Å²) in [6.45, 7) is 1.86. The maximum Gasteiger partial charge on any atom is 0.231 e.